The van der Waals surface area contributed by atoms with Crippen molar-refractivity contribution in [3.8, 4) is 11.5 Å². The Morgan fingerprint density at radius 1 is 1.35 bits per heavy atom. The Labute approximate surface area is 120 Å². The fourth-order valence-electron chi connectivity index (χ4n) is 3.04. The van der Waals surface area contributed by atoms with E-state index in [1.807, 2.05) is 19.2 Å². The van der Waals surface area contributed by atoms with Gasteiger partial charge in [-0.2, -0.15) is 0 Å². The molecule has 0 amide bonds. The second kappa shape index (κ2) is 5.62. The first-order chi connectivity index (χ1) is 9.76. The highest BCUT2D eigenvalue weighted by Gasteiger charge is 2.37. The second-order valence-electron chi connectivity index (χ2n) is 5.72. The number of fused-ring (bicyclic) bond motifs is 1. The Kier molecular flexibility index (Phi) is 3.85. The van der Waals surface area contributed by atoms with E-state index in [2.05, 4.69) is 11.4 Å². The Balaban J connectivity index is 1.72. The molecule has 1 saturated carbocycles. The van der Waals surface area contributed by atoms with Gasteiger partial charge in [-0.05, 0) is 37.5 Å². The van der Waals surface area contributed by atoms with Crippen LogP contribution < -0.4 is 14.8 Å². The third kappa shape index (κ3) is 2.50. The van der Waals surface area contributed by atoms with Crippen LogP contribution in [0.4, 0.5) is 0 Å². The maximum Gasteiger partial charge on any atom is 0.124 e. The third-order valence-electron chi connectivity index (χ3n) is 4.62. The topological polar surface area (TPSA) is 39.7 Å². The zero-order valence-electron chi connectivity index (χ0n) is 12.3. The molecular formula is C16H23NO3. The van der Waals surface area contributed by atoms with Crippen molar-refractivity contribution >= 4 is 0 Å². The van der Waals surface area contributed by atoms with Crippen molar-refractivity contribution in [3.63, 3.8) is 0 Å². The lowest BCUT2D eigenvalue weighted by Gasteiger charge is -2.42. The van der Waals surface area contributed by atoms with E-state index in [4.69, 9.17) is 14.2 Å². The average Bonchev–Trinajstić information content (AvgIpc) is 2.46. The molecule has 0 bridgehead atoms. The maximum atomic E-state index is 5.72. The Hall–Kier alpha value is -1.26. The molecule has 1 N–H and O–H groups in total. The second-order valence-corrected chi connectivity index (χ2v) is 5.72. The number of hydrogen-bond acceptors (Lipinski definition) is 4. The predicted molar refractivity (Wildman–Crippen MR) is 77.4 cm³/mol. The molecule has 1 atom stereocenters. The number of hydrogen-bond donors (Lipinski definition) is 1. The lowest BCUT2D eigenvalue weighted by molar-refractivity contribution is -0.0714. The van der Waals surface area contributed by atoms with Crippen molar-refractivity contribution in [2.75, 3.05) is 27.4 Å². The SMILES string of the molecule is COc1ccc2c(c1)C(NCC1(OC)CCC1)CCO2. The molecule has 1 aliphatic heterocycles. The van der Waals surface area contributed by atoms with E-state index >= 15 is 0 Å². The van der Waals surface area contributed by atoms with Crippen LogP contribution in [0.15, 0.2) is 18.2 Å². The molecule has 1 fully saturated rings. The van der Waals surface area contributed by atoms with E-state index in [9.17, 15) is 0 Å². The maximum absolute atomic E-state index is 5.72. The van der Waals surface area contributed by atoms with Crippen LogP contribution in [0.3, 0.4) is 0 Å². The summed E-state index contributed by atoms with van der Waals surface area (Å²) in [7, 11) is 3.52. The third-order valence-corrected chi connectivity index (χ3v) is 4.62. The molecule has 0 aromatic heterocycles. The molecule has 0 radical (unpaired) electrons. The van der Waals surface area contributed by atoms with E-state index in [1.54, 1.807) is 7.11 Å². The summed E-state index contributed by atoms with van der Waals surface area (Å²) < 4.78 is 16.7. The summed E-state index contributed by atoms with van der Waals surface area (Å²) in [4.78, 5) is 0. The summed E-state index contributed by atoms with van der Waals surface area (Å²) in [6, 6.07) is 6.34. The van der Waals surface area contributed by atoms with Crippen LogP contribution in [0.1, 0.15) is 37.3 Å². The number of nitrogens with one attached hydrogen (secondary N) is 1. The van der Waals surface area contributed by atoms with Gasteiger partial charge in [-0.3, -0.25) is 0 Å². The summed E-state index contributed by atoms with van der Waals surface area (Å²) in [6.07, 6.45) is 4.57. The van der Waals surface area contributed by atoms with Crippen molar-refractivity contribution in [2.24, 2.45) is 0 Å². The molecule has 2 aliphatic rings. The Bertz CT molecular complexity index is 465. The number of benzene rings is 1. The Morgan fingerprint density at radius 3 is 2.85 bits per heavy atom. The van der Waals surface area contributed by atoms with Crippen molar-refractivity contribution in [3.05, 3.63) is 23.8 Å². The van der Waals surface area contributed by atoms with Crippen LogP contribution in [-0.4, -0.2) is 33.0 Å². The van der Waals surface area contributed by atoms with Crippen LogP contribution in [0.2, 0.25) is 0 Å². The molecule has 20 heavy (non-hydrogen) atoms. The van der Waals surface area contributed by atoms with Gasteiger partial charge in [-0.15, -0.1) is 0 Å². The molecule has 4 heteroatoms. The quantitative estimate of drug-likeness (QED) is 0.898. The zero-order valence-corrected chi connectivity index (χ0v) is 12.3. The lowest BCUT2D eigenvalue weighted by atomic mass is 9.79. The highest BCUT2D eigenvalue weighted by molar-refractivity contribution is 5.43. The minimum absolute atomic E-state index is 0.0529. The standard InChI is InChI=1S/C16H23NO3/c1-18-12-4-5-15-13(10-12)14(6-9-20-15)17-11-16(19-2)7-3-8-16/h4-5,10,14,17H,3,6-9,11H2,1-2H3. The van der Waals surface area contributed by atoms with Gasteiger partial charge >= 0.3 is 0 Å². The molecule has 1 aromatic carbocycles. The van der Waals surface area contributed by atoms with Gasteiger partial charge in [-0.25, -0.2) is 0 Å². The van der Waals surface area contributed by atoms with Gasteiger partial charge in [0, 0.05) is 31.7 Å². The Morgan fingerprint density at radius 2 is 2.20 bits per heavy atom. The number of rotatable bonds is 5. The van der Waals surface area contributed by atoms with Crippen LogP contribution in [0, 0.1) is 0 Å². The van der Waals surface area contributed by atoms with E-state index < -0.39 is 0 Å². The molecule has 0 saturated heterocycles. The van der Waals surface area contributed by atoms with Gasteiger partial charge in [0.15, 0.2) is 0 Å². The van der Waals surface area contributed by atoms with Gasteiger partial charge in [-0.1, -0.05) is 0 Å². The zero-order chi connectivity index (χ0) is 14.0. The summed E-state index contributed by atoms with van der Waals surface area (Å²) in [5.41, 5.74) is 1.25. The smallest absolute Gasteiger partial charge is 0.124 e. The summed E-state index contributed by atoms with van der Waals surface area (Å²) in [6.45, 7) is 1.67. The lowest BCUT2D eigenvalue weighted by Crippen LogP contribution is -2.49. The van der Waals surface area contributed by atoms with Crippen molar-refractivity contribution in [2.45, 2.75) is 37.3 Å². The molecule has 4 nitrogen and oxygen atoms in total. The normalized spacial score (nSPS) is 23.4. The first kappa shape index (κ1) is 13.7. The van der Waals surface area contributed by atoms with Gasteiger partial charge in [0.25, 0.3) is 0 Å². The molecule has 1 heterocycles. The van der Waals surface area contributed by atoms with Crippen LogP contribution >= 0.6 is 0 Å². The van der Waals surface area contributed by atoms with Gasteiger partial charge in [0.2, 0.25) is 0 Å². The van der Waals surface area contributed by atoms with Crippen LogP contribution in [0.5, 0.6) is 11.5 Å². The van der Waals surface area contributed by atoms with E-state index in [-0.39, 0.29) is 5.60 Å². The van der Waals surface area contributed by atoms with Gasteiger partial charge in [0.05, 0.1) is 19.3 Å². The number of ether oxygens (including phenoxy) is 3. The van der Waals surface area contributed by atoms with Crippen LogP contribution in [0.25, 0.3) is 0 Å². The highest BCUT2D eigenvalue weighted by Crippen LogP contribution is 2.38. The summed E-state index contributed by atoms with van der Waals surface area (Å²) >= 11 is 0. The van der Waals surface area contributed by atoms with E-state index in [0.717, 1.165) is 43.9 Å². The monoisotopic (exact) mass is 277 g/mol. The fraction of sp³-hybridized carbons (Fsp3) is 0.625. The molecule has 3 rings (SSSR count). The average molecular weight is 277 g/mol. The molecule has 1 aliphatic carbocycles. The fourth-order valence-corrected chi connectivity index (χ4v) is 3.04. The van der Waals surface area contributed by atoms with Crippen molar-refractivity contribution in [1.82, 2.24) is 5.32 Å². The van der Waals surface area contributed by atoms with Crippen molar-refractivity contribution in [1.29, 1.82) is 0 Å². The van der Waals surface area contributed by atoms with Gasteiger partial charge < -0.3 is 19.5 Å². The molecule has 1 unspecified atom stereocenters. The first-order valence-electron chi connectivity index (χ1n) is 7.36. The largest absolute Gasteiger partial charge is 0.497 e. The van der Waals surface area contributed by atoms with Crippen LogP contribution in [-0.2, 0) is 4.74 Å². The molecule has 1 aromatic rings. The van der Waals surface area contributed by atoms with E-state index in [1.165, 1.54) is 12.0 Å². The molecular weight excluding hydrogens is 254 g/mol. The molecule has 110 valence electrons. The summed E-state index contributed by atoms with van der Waals surface area (Å²) in [5.74, 6) is 1.85. The van der Waals surface area contributed by atoms with Crippen molar-refractivity contribution < 1.29 is 14.2 Å². The van der Waals surface area contributed by atoms with E-state index in [0.29, 0.717) is 6.04 Å². The number of methoxy groups -OCH3 is 2. The summed E-state index contributed by atoms with van der Waals surface area (Å²) in [5, 5.41) is 3.66. The highest BCUT2D eigenvalue weighted by atomic mass is 16.5. The minimum atomic E-state index is 0.0529. The first-order valence-corrected chi connectivity index (χ1v) is 7.36. The minimum Gasteiger partial charge on any atom is -0.497 e. The van der Waals surface area contributed by atoms with Gasteiger partial charge in [0.1, 0.15) is 11.5 Å². The predicted octanol–water partition coefficient (Wildman–Crippen LogP) is 2.68. The molecule has 0 spiro atoms.